The van der Waals surface area contributed by atoms with Gasteiger partial charge in [-0.2, -0.15) is 5.10 Å². The molecular weight excluding hydrogens is 548 g/mol. The lowest BCUT2D eigenvalue weighted by molar-refractivity contribution is 0.00945. The van der Waals surface area contributed by atoms with Gasteiger partial charge in [0.25, 0.3) is 8.32 Å². The lowest BCUT2D eigenvalue weighted by atomic mass is 9.94. The van der Waals surface area contributed by atoms with Crippen molar-refractivity contribution in [1.29, 1.82) is 0 Å². The molecule has 0 aliphatic carbocycles. The molecule has 3 atom stereocenters. The molecule has 3 aromatic carbocycles. The van der Waals surface area contributed by atoms with Crippen LogP contribution in [0.3, 0.4) is 0 Å². The first-order valence-corrected chi connectivity index (χ1v) is 16.9. The third kappa shape index (κ3) is 4.91. The van der Waals surface area contributed by atoms with Gasteiger partial charge in [0.2, 0.25) is 0 Å². The molecule has 1 N–H and O–H groups in total. The number of H-pyrrole nitrogens is 1. The monoisotopic (exact) mass is 588 g/mol. The van der Waals surface area contributed by atoms with Crippen molar-refractivity contribution in [1.82, 2.24) is 15.1 Å². The number of nitrogens with one attached hydrogen (secondary N) is 1. The number of rotatable bonds is 6. The summed E-state index contributed by atoms with van der Waals surface area (Å²) in [5, 5.41) is 11.6. The number of piperazine rings is 1. The fourth-order valence-corrected chi connectivity index (χ4v) is 12.0. The summed E-state index contributed by atoms with van der Waals surface area (Å²) in [7, 11) is -2.72. The molecule has 8 heteroatoms. The van der Waals surface area contributed by atoms with Crippen LogP contribution < -0.4 is 15.3 Å². The first-order chi connectivity index (χ1) is 19.6. The zero-order chi connectivity index (χ0) is 28.8. The van der Waals surface area contributed by atoms with E-state index in [0.29, 0.717) is 13.2 Å². The number of halogens is 1. The second-order valence-electron chi connectivity index (χ2n) is 12.9. The van der Waals surface area contributed by atoms with E-state index in [1.165, 1.54) is 10.4 Å². The third-order valence-electron chi connectivity index (χ3n) is 9.26. The van der Waals surface area contributed by atoms with Gasteiger partial charge in [0.05, 0.1) is 47.3 Å². The second kappa shape index (κ2) is 10.9. The molecule has 0 saturated carbocycles. The summed E-state index contributed by atoms with van der Waals surface area (Å²) in [5.74, 6) is 0. The first kappa shape index (κ1) is 28.4. The van der Waals surface area contributed by atoms with Crippen LogP contribution >= 0.6 is 11.6 Å². The van der Waals surface area contributed by atoms with E-state index in [9.17, 15) is 0 Å². The molecule has 1 aromatic heterocycles. The number of hydrogen-bond acceptors (Lipinski definition) is 5. The number of ether oxygens (including phenoxy) is 1. The van der Waals surface area contributed by atoms with E-state index in [2.05, 4.69) is 121 Å². The van der Waals surface area contributed by atoms with Gasteiger partial charge < -0.3 is 14.1 Å². The molecule has 2 aliphatic rings. The fraction of sp³-hybridized carbons (Fsp3) is 0.424. The molecule has 0 radical (unpaired) electrons. The number of aromatic nitrogens is 2. The predicted molar refractivity (Wildman–Crippen MR) is 171 cm³/mol. The Kier molecular flexibility index (Phi) is 7.53. The molecule has 0 bridgehead atoms. The summed E-state index contributed by atoms with van der Waals surface area (Å²) in [6, 6.07) is 26.2. The molecular formula is C33H41ClN4O2Si. The van der Waals surface area contributed by atoms with E-state index in [-0.39, 0.29) is 22.7 Å². The molecule has 216 valence electrons. The zero-order valence-electron chi connectivity index (χ0n) is 24.7. The standard InChI is InChI=1S/C33H41ClN4O2Si/c1-24-21-37(16-17-38(24)30-19-29-25(18-28(30)34)20-35-36-29)33(5)23-39-22-31(33)40-41(32(2,3)4,26-12-8-6-9-13-26)27-14-10-7-11-15-27/h6-15,18-20,24,31H,16-17,21-23H2,1-5H3,(H,35,36). The SMILES string of the molecule is CC1CN(C2(C)COCC2O[Si](c2ccccc2)(c2ccccc2)C(C)(C)C)CCN1c1cc2[nH]ncc2cc1Cl. The van der Waals surface area contributed by atoms with Gasteiger partial charge in [-0.05, 0) is 41.4 Å². The van der Waals surface area contributed by atoms with Crippen molar-refractivity contribution in [2.75, 3.05) is 37.7 Å². The lowest BCUT2D eigenvalue weighted by Crippen LogP contribution is -2.71. The Bertz CT molecular complexity index is 1450. The Balaban J connectivity index is 1.31. The van der Waals surface area contributed by atoms with E-state index in [0.717, 1.165) is 41.2 Å². The van der Waals surface area contributed by atoms with Crippen LogP contribution in [0, 0.1) is 0 Å². The summed E-state index contributed by atoms with van der Waals surface area (Å²) in [6.45, 7) is 15.6. The Morgan fingerprint density at radius 1 is 1.02 bits per heavy atom. The quantitative estimate of drug-likeness (QED) is 0.303. The fourth-order valence-electron chi connectivity index (χ4n) is 6.96. The normalized spacial score (nSPS) is 24.3. The van der Waals surface area contributed by atoms with Crippen LogP contribution in [0.1, 0.15) is 34.6 Å². The highest BCUT2D eigenvalue weighted by Gasteiger charge is 2.56. The highest BCUT2D eigenvalue weighted by Crippen LogP contribution is 2.42. The number of fused-ring (bicyclic) bond motifs is 1. The number of hydrogen-bond donors (Lipinski definition) is 1. The van der Waals surface area contributed by atoms with Crippen molar-refractivity contribution < 1.29 is 9.16 Å². The van der Waals surface area contributed by atoms with Crippen molar-refractivity contribution in [3.8, 4) is 0 Å². The van der Waals surface area contributed by atoms with Crippen LogP contribution in [0.4, 0.5) is 5.69 Å². The minimum atomic E-state index is -2.72. The summed E-state index contributed by atoms with van der Waals surface area (Å²) >= 11 is 6.77. The summed E-state index contributed by atoms with van der Waals surface area (Å²) in [4.78, 5) is 5.03. The molecule has 2 aliphatic heterocycles. The van der Waals surface area contributed by atoms with Gasteiger partial charge in [0.1, 0.15) is 0 Å². The van der Waals surface area contributed by atoms with E-state index < -0.39 is 8.32 Å². The molecule has 6 nitrogen and oxygen atoms in total. The van der Waals surface area contributed by atoms with Crippen molar-refractivity contribution in [3.05, 3.63) is 84.0 Å². The van der Waals surface area contributed by atoms with E-state index in [1.807, 2.05) is 12.3 Å². The van der Waals surface area contributed by atoms with Crippen LogP contribution in [0.5, 0.6) is 0 Å². The van der Waals surface area contributed by atoms with Gasteiger partial charge in [-0.25, -0.2) is 0 Å². The van der Waals surface area contributed by atoms with Crippen molar-refractivity contribution in [2.45, 2.75) is 57.3 Å². The average molecular weight is 589 g/mol. The topological polar surface area (TPSA) is 53.6 Å². The van der Waals surface area contributed by atoms with Gasteiger partial charge in [-0.3, -0.25) is 10.00 Å². The number of nitrogens with zero attached hydrogens (tertiary/aromatic N) is 3. The van der Waals surface area contributed by atoms with E-state index in [1.54, 1.807) is 0 Å². The van der Waals surface area contributed by atoms with Crippen molar-refractivity contribution in [3.63, 3.8) is 0 Å². The Morgan fingerprint density at radius 3 is 2.29 bits per heavy atom. The summed E-state index contributed by atoms with van der Waals surface area (Å²) < 4.78 is 13.9. The smallest absolute Gasteiger partial charge is 0.261 e. The molecule has 0 amide bonds. The van der Waals surface area contributed by atoms with Gasteiger partial charge >= 0.3 is 0 Å². The highest BCUT2D eigenvalue weighted by molar-refractivity contribution is 6.99. The highest BCUT2D eigenvalue weighted by atomic mass is 35.5. The number of anilines is 1. The van der Waals surface area contributed by atoms with E-state index >= 15 is 0 Å². The minimum Gasteiger partial charge on any atom is -0.400 e. The van der Waals surface area contributed by atoms with Crippen LogP contribution in [0.25, 0.3) is 10.9 Å². The zero-order valence-corrected chi connectivity index (χ0v) is 26.5. The Hall–Kier alpha value is -2.68. The van der Waals surface area contributed by atoms with Gasteiger partial charge in [-0.1, -0.05) is 93.0 Å². The second-order valence-corrected chi connectivity index (χ2v) is 17.6. The molecule has 2 saturated heterocycles. The predicted octanol–water partition coefficient (Wildman–Crippen LogP) is 5.46. The lowest BCUT2D eigenvalue weighted by Gasteiger charge is -2.52. The van der Waals surface area contributed by atoms with Crippen LogP contribution in [0.15, 0.2) is 79.0 Å². The van der Waals surface area contributed by atoms with Gasteiger partial charge in [0, 0.05) is 31.1 Å². The molecule has 2 fully saturated rings. The Morgan fingerprint density at radius 2 is 1.68 bits per heavy atom. The van der Waals surface area contributed by atoms with Crippen LogP contribution in [-0.2, 0) is 9.16 Å². The van der Waals surface area contributed by atoms with Crippen LogP contribution in [-0.4, -0.2) is 73.9 Å². The summed E-state index contributed by atoms with van der Waals surface area (Å²) in [5.41, 5.74) is 1.82. The maximum atomic E-state index is 7.64. The first-order valence-electron chi connectivity index (χ1n) is 14.6. The minimum absolute atomic E-state index is 0.0579. The molecule has 41 heavy (non-hydrogen) atoms. The third-order valence-corrected chi connectivity index (χ3v) is 14.6. The average Bonchev–Trinajstić information content (AvgIpc) is 3.57. The molecule has 6 rings (SSSR count). The molecule has 3 unspecified atom stereocenters. The molecule has 4 aromatic rings. The maximum Gasteiger partial charge on any atom is 0.261 e. The number of aromatic amines is 1. The van der Waals surface area contributed by atoms with E-state index in [4.69, 9.17) is 20.8 Å². The van der Waals surface area contributed by atoms with Crippen molar-refractivity contribution >= 4 is 46.9 Å². The Labute approximate surface area is 249 Å². The van der Waals surface area contributed by atoms with Crippen LogP contribution in [0.2, 0.25) is 10.1 Å². The maximum absolute atomic E-state index is 7.64. The molecule has 0 spiro atoms. The van der Waals surface area contributed by atoms with Gasteiger partial charge in [0.15, 0.2) is 0 Å². The molecule has 3 heterocycles. The van der Waals surface area contributed by atoms with Crippen molar-refractivity contribution in [2.24, 2.45) is 0 Å². The van der Waals surface area contributed by atoms with Gasteiger partial charge in [-0.15, -0.1) is 0 Å². The largest absolute Gasteiger partial charge is 0.400 e. The summed E-state index contributed by atoms with van der Waals surface area (Å²) in [6.07, 6.45) is 1.76. The number of benzene rings is 3.